The van der Waals surface area contributed by atoms with Gasteiger partial charge in [0.15, 0.2) is 0 Å². The summed E-state index contributed by atoms with van der Waals surface area (Å²) in [4.78, 5) is 45.8. The Morgan fingerprint density at radius 3 is 1.41 bits per heavy atom. The first-order valence-corrected chi connectivity index (χ1v) is 5.85. The number of carbonyl (C=O) groups is 4. The fourth-order valence-electron chi connectivity index (χ4n) is 2.34. The number of nitrogens with two attached hydrogens (primary N) is 1. The van der Waals surface area contributed by atoms with Crippen molar-refractivity contribution in [2.75, 3.05) is 0 Å². The summed E-state index contributed by atoms with van der Waals surface area (Å²) in [5, 5.41) is 27.6. The molecule has 0 saturated heterocycles. The number of carboxylic acids is 3. The van der Waals surface area contributed by atoms with E-state index in [2.05, 4.69) is 0 Å². The average Bonchev–Trinajstić information content (AvgIpc) is 2.43. The number of hydrogen-bond acceptors (Lipinski definition) is 4. The minimum absolute atomic E-state index is 0.0326. The molecule has 0 fully saturated rings. The van der Waals surface area contributed by atoms with E-state index in [0.717, 1.165) is 0 Å². The molecule has 8 heteroatoms. The Hall–Kier alpha value is -3.42. The molecule has 0 aromatic heterocycles. The van der Waals surface area contributed by atoms with E-state index in [9.17, 15) is 34.5 Å². The largest absolute Gasteiger partial charge is 0.478 e. The third-order valence-electron chi connectivity index (χ3n) is 3.10. The predicted octanol–water partition coefficient (Wildman–Crippen LogP) is 1.03. The standard InChI is InChI=1S/C14H9NO7/c15-11(16)7-5-3-1-2-4-6(5)8(12(17)18)10(14(21)22)9(7)13(19)20/h1-4H,(H2,15,16)(H,17,18)(H,19,20)(H,21,22). The van der Waals surface area contributed by atoms with Gasteiger partial charge in [0.1, 0.15) is 0 Å². The monoisotopic (exact) mass is 303 g/mol. The molecule has 2 aromatic rings. The Kier molecular flexibility index (Phi) is 3.52. The van der Waals surface area contributed by atoms with Crippen molar-refractivity contribution in [1.82, 2.24) is 0 Å². The van der Waals surface area contributed by atoms with Crippen LogP contribution in [0.1, 0.15) is 41.4 Å². The van der Waals surface area contributed by atoms with Gasteiger partial charge in [0.05, 0.1) is 22.3 Å². The van der Waals surface area contributed by atoms with Crippen LogP contribution in [0.2, 0.25) is 0 Å². The number of hydrogen-bond donors (Lipinski definition) is 4. The van der Waals surface area contributed by atoms with Gasteiger partial charge in [-0.15, -0.1) is 0 Å². The Bertz CT molecular complexity index is 783. The van der Waals surface area contributed by atoms with Gasteiger partial charge in [-0.3, -0.25) is 4.79 Å². The summed E-state index contributed by atoms with van der Waals surface area (Å²) in [7, 11) is 0. The molecular formula is C14H9NO7. The van der Waals surface area contributed by atoms with Crippen LogP contribution >= 0.6 is 0 Å². The van der Waals surface area contributed by atoms with Crippen LogP contribution in [0.4, 0.5) is 0 Å². The first-order valence-electron chi connectivity index (χ1n) is 5.85. The molecule has 1 amide bonds. The molecule has 0 bridgehead atoms. The summed E-state index contributed by atoms with van der Waals surface area (Å²) in [6, 6.07) is 5.47. The number of aromatic carboxylic acids is 3. The number of carbonyl (C=O) groups excluding carboxylic acids is 1. The van der Waals surface area contributed by atoms with E-state index in [1.807, 2.05) is 0 Å². The zero-order valence-electron chi connectivity index (χ0n) is 10.9. The summed E-state index contributed by atoms with van der Waals surface area (Å²) in [6.07, 6.45) is 0. The van der Waals surface area contributed by atoms with Crippen LogP contribution in [0.3, 0.4) is 0 Å². The number of primary amides is 1. The topological polar surface area (TPSA) is 155 Å². The molecule has 0 saturated carbocycles. The van der Waals surface area contributed by atoms with Crippen LogP contribution in [-0.4, -0.2) is 39.1 Å². The van der Waals surface area contributed by atoms with Gasteiger partial charge in [-0.1, -0.05) is 24.3 Å². The predicted molar refractivity (Wildman–Crippen MR) is 73.3 cm³/mol. The lowest BCUT2D eigenvalue weighted by atomic mass is 9.88. The number of amides is 1. The van der Waals surface area contributed by atoms with Gasteiger partial charge >= 0.3 is 17.9 Å². The molecule has 5 N–H and O–H groups in total. The molecule has 2 rings (SSSR count). The molecule has 0 radical (unpaired) electrons. The van der Waals surface area contributed by atoms with E-state index in [1.165, 1.54) is 24.3 Å². The highest BCUT2D eigenvalue weighted by atomic mass is 16.4. The second kappa shape index (κ2) is 5.17. The van der Waals surface area contributed by atoms with Gasteiger partial charge < -0.3 is 21.1 Å². The van der Waals surface area contributed by atoms with E-state index in [4.69, 9.17) is 5.73 Å². The van der Waals surface area contributed by atoms with Gasteiger partial charge in [0, 0.05) is 0 Å². The zero-order chi connectivity index (χ0) is 16.6. The van der Waals surface area contributed by atoms with E-state index in [0.29, 0.717) is 0 Å². The van der Waals surface area contributed by atoms with Crippen molar-refractivity contribution in [2.24, 2.45) is 5.73 Å². The minimum atomic E-state index is -1.77. The van der Waals surface area contributed by atoms with Gasteiger partial charge in [-0.2, -0.15) is 0 Å². The molecule has 2 aromatic carbocycles. The van der Waals surface area contributed by atoms with E-state index in [-0.39, 0.29) is 10.8 Å². The molecule has 0 unspecified atom stereocenters. The first-order chi connectivity index (χ1) is 10.3. The van der Waals surface area contributed by atoms with Crippen molar-refractivity contribution < 1.29 is 34.5 Å². The fourth-order valence-corrected chi connectivity index (χ4v) is 2.34. The molecule has 0 aliphatic heterocycles. The maximum atomic E-state index is 11.6. The molecule has 8 nitrogen and oxygen atoms in total. The molecule has 0 aliphatic rings. The van der Waals surface area contributed by atoms with E-state index < -0.39 is 46.1 Å². The number of carboxylic acid groups (broad SMARTS) is 3. The highest BCUT2D eigenvalue weighted by Gasteiger charge is 2.32. The summed E-state index contributed by atoms with van der Waals surface area (Å²) in [6.45, 7) is 0. The highest BCUT2D eigenvalue weighted by molar-refractivity contribution is 6.24. The Morgan fingerprint density at radius 1 is 0.682 bits per heavy atom. The molecule has 112 valence electrons. The van der Waals surface area contributed by atoms with Crippen LogP contribution in [0.25, 0.3) is 10.8 Å². The maximum absolute atomic E-state index is 11.6. The smallest absolute Gasteiger partial charge is 0.337 e. The van der Waals surface area contributed by atoms with Crippen LogP contribution in [-0.2, 0) is 0 Å². The maximum Gasteiger partial charge on any atom is 0.337 e. The van der Waals surface area contributed by atoms with E-state index in [1.54, 1.807) is 0 Å². The Morgan fingerprint density at radius 2 is 1.05 bits per heavy atom. The van der Waals surface area contributed by atoms with Crippen molar-refractivity contribution in [2.45, 2.75) is 0 Å². The van der Waals surface area contributed by atoms with Crippen LogP contribution in [0, 0.1) is 0 Å². The van der Waals surface area contributed by atoms with Crippen LogP contribution in [0.5, 0.6) is 0 Å². The number of rotatable bonds is 4. The van der Waals surface area contributed by atoms with Crippen molar-refractivity contribution in [3.63, 3.8) is 0 Å². The third kappa shape index (κ3) is 2.12. The first kappa shape index (κ1) is 15.0. The molecule has 0 atom stereocenters. The normalized spacial score (nSPS) is 10.4. The van der Waals surface area contributed by atoms with Crippen LogP contribution in [0.15, 0.2) is 24.3 Å². The van der Waals surface area contributed by atoms with Crippen LogP contribution < -0.4 is 5.73 Å². The van der Waals surface area contributed by atoms with Gasteiger partial charge in [0.2, 0.25) is 5.91 Å². The Labute approximate surface area is 122 Å². The SMILES string of the molecule is NC(=O)c1c(C(=O)O)c(C(=O)O)c(C(=O)O)c2ccccc12. The lowest BCUT2D eigenvalue weighted by Crippen LogP contribution is -2.23. The lowest BCUT2D eigenvalue weighted by molar-refractivity contribution is 0.0633. The van der Waals surface area contributed by atoms with Gasteiger partial charge in [-0.05, 0) is 10.8 Å². The lowest BCUT2D eigenvalue weighted by Gasteiger charge is -2.14. The average molecular weight is 303 g/mol. The molecule has 0 heterocycles. The van der Waals surface area contributed by atoms with Gasteiger partial charge in [-0.25, -0.2) is 14.4 Å². The number of benzene rings is 2. The van der Waals surface area contributed by atoms with Crippen molar-refractivity contribution >= 4 is 34.6 Å². The number of fused-ring (bicyclic) bond motifs is 1. The summed E-state index contributed by atoms with van der Waals surface area (Å²) in [5.74, 6) is -6.30. The summed E-state index contributed by atoms with van der Waals surface area (Å²) in [5.41, 5.74) is 2.02. The molecule has 22 heavy (non-hydrogen) atoms. The van der Waals surface area contributed by atoms with E-state index >= 15 is 0 Å². The molecule has 0 spiro atoms. The quantitative estimate of drug-likeness (QED) is 0.657. The molecular weight excluding hydrogens is 294 g/mol. The van der Waals surface area contributed by atoms with Crippen molar-refractivity contribution in [1.29, 1.82) is 0 Å². The fraction of sp³-hybridized carbons (Fsp3) is 0. The van der Waals surface area contributed by atoms with Crippen molar-refractivity contribution in [3.8, 4) is 0 Å². The molecule has 0 aliphatic carbocycles. The minimum Gasteiger partial charge on any atom is -0.478 e. The third-order valence-corrected chi connectivity index (χ3v) is 3.10. The second-order valence-corrected chi connectivity index (χ2v) is 4.33. The Balaban J connectivity index is 3.25. The summed E-state index contributed by atoms with van der Waals surface area (Å²) >= 11 is 0. The van der Waals surface area contributed by atoms with Gasteiger partial charge in [0.25, 0.3) is 0 Å². The summed E-state index contributed by atoms with van der Waals surface area (Å²) < 4.78 is 0. The second-order valence-electron chi connectivity index (χ2n) is 4.33. The zero-order valence-corrected chi connectivity index (χ0v) is 10.9. The highest BCUT2D eigenvalue weighted by Crippen LogP contribution is 2.31. The van der Waals surface area contributed by atoms with Crippen molar-refractivity contribution in [3.05, 3.63) is 46.5 Å².